The number of ether oxygens (including phenoxy) is 1. The summed E-state index contributed by atoms with van der Waals surface area (Å²) in [5.74, 6) is 0.420. The number of ketones is 1. The molecule has 3 N–H and O–H groups in total. The van der Waals surface area contributed by atoms with Crippen molar-refractivity contribution in [3.05, 3.63) is 77.9 Å². The van der Waals surface area contributed by atoms with Gasteiger partial charge in [-0.1, -0.05) is 43.7 Å². The second kappa shape index (κ2) is 18.7. The van der Waals surface area contributed by atoms with Crippen molar-refractivity contribution in [2.24, 2.45) is 0 Å². The number of carbonyl (C=O) groups is 2. The number of H-pyrrole nitrogens is 2. The number of nitrogens with zero attached hydrogens (tertiary/aromatic N) is 2. The first-order valence-corrected chi connectivity index (χ1v) is 16.6. The summed E-state index contributed by atoms with van der Waals surface area (Å²) >= 11 is 3.44. The maximum Gasteiger partial charge on any atom is 1.00 e. The molecule has 2 aliphatic heterocycles. The van der Waals surface area contributed by atoms with E-state index < -0.39 is 11.2 Å². The van der Waals surface area contributed by atoms with Gasteiger partial charge in [-0.15, -0.1) is 0 Å². The molecule has 246 valence electrons. The predicted octanol–water partition coefficient (Wildman–Crippen LogP) is 5.22. The van der Waals surface area contributed by atoms with Crippen molar-refractivity contribution in [1.29, 1.82) is 0 Å². The third-order valence-electron chi connectivity index (χ3n) is 7.77. The molecular weight excluding hydrogens is 639 g/mol. The van der Waals surface area contributed by atoms with E-state index in [9.17, 15) is 14.7 Å². The molecule has 2 fully saturated rings. The largest absolute Gasteiger partial charge is 1.00 e. The third kappa shape index (κ3) is 11.9. The number of aliphatic hydroxyl groups is 1. The second-order valence-electron chi connectivity index (χ2n) is 12.6. The zero-order chi connectivity index (χ0) is 33.0. The first-order chi connectivity index (χ1) is 21.4. The number of hydrogen-bond acceptors (Lipinski definition) is 5. The fraction of sp³-hybridized carbons (Fsp3) is 0.472. The van der Waals surface area contributed by atoms with Crippen molar-refractivity contribution >= 4 is 49.6 Å². The Balaban J connectivity index is 0.000000262. The third-order valence-corrected chi connectivity index (χ3v) is 8.43. The molecule has 6 rings (SSSR count). The van der Waals surface area contributed by atoms with Gasteiger partial charge in [0.2, 0.25) is 0 Å². The Morgan fingerprint density at radius 2 is 1.48 bits per heavy atom. The molecule has 2 aliphatic rings. The van der Waals surface area contributed by atoms with Crippen LogP contribution < -0.4 is 18.9 Å². The number of fused-ring (bicyclic) bond motifs is 2. The standard InChI is InChI=1S/C18H24N2O3.C8H6BrN.C6H11NO.C4H9.Li/c1-17(2,3)23-16(21)20-11-8-18(22,9-12-20)14-6-4-5-13-7-10-19-15(13)14;9-7-3-1-2-6-4-5-10-8(6)7;1-7-4-2-6(8)3-5-7;1-3-4-2;/h4-7,10,19,22H,8-9,11-12H2,1-3H3;1-5,10H;2-5H2,1H3;1,3-4H2,2H3;/q;;;-1;+1. The normalized spacial score (nSPS) is 16.2. The second-order valence-corrected chi connectivity index (χ2v) is 13.5. The van der Waals surface area contributed by atoms with Gasteiger partial charge >= 0.3 is 25.0 Å². The number of carbonyl (C=O) groups excluding carboxylic acids is 2. The maximum atomic E-state index is 12.1. The smallest absolute Gasteiger partial charge is 0.444 e. The van der Waals surface area contributed by atoms with E-state index in [2.05, 4.69) is 56.8 Å². The van der Waals surface area contributed by atoms with Crippen molar-refractivity contribution in [1.82, 2.24) is 19.8 Å². The molecule has 0 spiro atoms. The number of likely N-dealkylation sites (tertiary alicyclic amines) is 2. The Morgan fingerprint density at radius 3 is 1.98 bits per heavy atom. The van der Waals surface area contributed by atoms with Crippen molar-refractivity contribution in [2.75, 3.05) is 33.2 Å². The van der Waals surface area contributed by atoms with E-state index in [0.717, 1.165) is 53.3 Å². The van der Waals surface area contributed by atoms with Gasteiger partial charge in [0.15, 0.2) is 0 Å². The molecular formula is C36H50BrLiN4O4. The van der Waals surface area contributed by atoms with Crippen LogP contribution in [-0.2, 0) is 15.1 Å². The van der Waals surface area contributed by atoms with Gasteiger partial charge in [-0.25, -0.2) is 4.79 Å². The molecule has 0 radical (unpaired) electrons. The molecule has 0 unspecified atom stereocenters. The van der Waals surface area contributed by atoms with Gasteiger partial charge in [0.1, 0.15) is 11.4 Å². The summed E-state index contributed by atoms with van der Waals surface area (Å²) in [5, 5.41) is 13.4. The van der Waals surface area contributed by atoms with Crippen LogP contribution in [0.4, 0.5) is 4.79 Å². The van der Waals surface area contributed by atoms with Crippen LogP contribution in [0.15, 0.2) is 65.4 Å². The summed E-state index contributed by atoms with van der Waals surface area (Å²) in [7, 11) is 2.05. The number of halogens is 1. The number of hydrogen-bond donors (Lipinski definition) is 3. The van der Waals surface area contributed by atoms with Crippen LogP contribution >= 0.6 is 15.9 Å². The van der Waals surface area contributed by atoms with Crippen molar-refractivity contribution in [2.45, 2.75) is 77.4 Å². The van der Waals surface area contributed by atoms with E-state index in [-0.39, 0.29) is 25.0 Å². The molecule has 10 heteroatoms. The van der Waals surface area contributed by atoms with Gasteiger partial charge in [-0.2, -0.15) is 6.42 Å². The maximum absolute atomic E-state index is 12.1. The number of Topliss-reactive ketones (excluding diaryl/α,β-unsaturated/α-hetero) is 1. The van der Waals surface area contributed by atoms with Crippen LogP contribution in [0.1, 0.15) is 71.8 Å². The average molecular weight is 690 g/mol. The summed E-state index contributed by atoms with van der Waals surface area (Å²) < 4.78 is 6.53. The van der Waals surface area contributed by atoms with Gasteiger partial charge in [0, 0.05) is 66.8 Å². The minimum absolute atomic E-state index is 0. The van der Waals surface area contributed by atoms with Gasteiger partial charge < -0.3 is 36.5 Å². The number of aromatic nitrogens is 2. The minimum atomic E-state index is -0.914. The topological polar surface area (TPSA) is 102 Å². The Bertz CT molecular complexity index is 1490. The Morgan fingerprint density at radius 1 is 0.957 bits per heavy atom. The molecule has 0 atom stereocenters. The number of benzene rings is 2. The summed E-state index contributed by atoms with van der Waals surface area (Å²) in [6.07, 6.45) is 8.32. The number of aromatic amines is 2. The molecule has 4 aromatic rings. The molecule has 8 nitrogen and oxygen atoms in total. The number of rotatable bonds is 2. The zero-order valence-corrected chi connectivity index (χ0v) is 30.1. The summed E-state index contributed by atoms with van der Waals surface area (Å²) in [6.45, 7) is 14.2. The van der Waals surface area contributed by atoms with Crippen LogP contribution in [0.3, 0.4) is 0 Å². The molecule has 2 aromatic carbocycles. The van der Waals surface area contributed by atoms with Crippen LogP contribution in [0, 0.1) is 6.92 Å². The van der Waals surface area contributed by atoms with E-state index in [1.54, 1.807) is 4.90 Å². The van der Waals surface area contributed by atoms with E-state index in [1.165, 1.54) is 17.3 Å². The quantitative estimate of drug-likeness (QED) is 0.198. The number of unbranched alkanes of at least 4 members (excludes halogenated alkanes) is 1. The monoisotopic (exact) mass is 688 g/mol. The van der Waals surface area contributed by atoms with Crippen LogP contribution in [0.5, 0.6) is 0 Å². The van der Waals surface area contributed by atoms with Crippen LogP contribution in [0.2, 0.25) is 0 Å². The predicted molar refractivity (Wildman–Crippen MR) is 187 cm³/mol. The number of para-hydroxylation sites is 2. The van der Waals surface area contributed by atoms with Gasteiger partial charge in [-0.3, -0.25) is 4.79 Å². The number of piperidine rings is 2. The molecule has 1 amide bonds. The van der Waals surface area contributed by atoms with Gasteiger partial charge in [0.25, 0.3) is 0 Å². The fourth-order valence-electron chi connectivity index (χ4n) is 5.04. The van der Waals surface area contributed by atoms with Gasteiger partial charge in [-0.05, 0) is 80.2 Å². The average Bonchev–Trinajstić information content (AvgIpc) is 3.70. The zero-order valence-electron chi connectivity index (χ0n) is 28.5. The number of nitrogens with one attached hydrogen (secondary N) is 2. The van der Waals surface area contributed by atoms with Crippen LogP contribution in [-0.4, -0.2) is 75.6 Å². The first-order valence-electron chi connectivity index (χ1n) is 15.8. The molecule has 0 bridgehead atoms. The van der Waals surface area contributed by atoms with Crippen molar-refractivity contribution in [3.8, 4) is 0 Å². The minimum Gasteiger partial charge on any atom is -0.444 e. The SMILES string of the molecule is Brc1cccc2cc[nH]c12.CC(C)(C)OC(=O)N1CCC(O)(c2cccc3cc[nH]c23)CC1.CN1CCC(=O)CC1.[CH2-]CCC.[Li+]. The first kappa shape index (κ1) is 39.6. The molecule has 46 heavy (non-hydrogen) atoms. The molecule has 4 heterocycles. The molecule has 0 saturated carbocycles. The fourth-order valence-corrected chi connectivity index (χ4v) is 5.54. The molecule has 2 aromatic heterocycles. The van der Waals surface area contributed by atoms with Gasteiger partial charge in [0.05, 0.1) is 16.6 Å². The number of amides is 1. The Hall–Kier alpha value is -2.54. The van der Waals surface area contributed by atoms with Crippen molar-refractivity contribution in [3.63, 3.8) is 0 Å². The van der Waals surface area contributed by atoms with Crippen molar-refractivity contribution < 1.29 is 38.3 Å². The summed E-state index contributed by atoms with van der Waals surface area (Å²) in [6, 6.07) is 16.1. The Labute approximate surface area is 294 Å². The van der Waals surface area contributed by atoms with E-state index in [1.807, 2.05) is 76.6 Å². The summed E-state index contributed by atoms with van der Waals surface area (Å²) in [4.78, 5) is 32.9. The van der Waals surface area contributed by atoms with E-state index >= 15 is 0 Å². The molecule has 0 aliphatic carbocycles. The van der Waals surface area contributed by atoms with E-state index in [0.29, 0.717) is 31.7 Å². The van der Waals surface area contributed by atoms with Crippen LogP contribution in [0.25, 0.3) is 21.8 Å². The Kier molecular flexibility index (Phi) is 16.1. The summed E-state index contributed by atoms with van der Waals surface area (Å²) in [5.41, 5.74) is 1.64. The molecule has 2 saturated heterocycles. The van der Waals surface area contributed by atoms with E-state index in [4.69, 9.17) is 4.74 Å².